The van der Waals surface area contributed by atoms with E-state index in [0.717, 1.165) is 10.8 Å². The van der Waals surface area contributed by atoms with Crippen LogP contribution in [0.1, 0.15) is 19.6 Å². The van der Waals surface area contributed by atoms with E-state index in [-0.39, 0.29) is 12.2 Å². The Bertz CT molecular complexity index is 1040. The number of aliphatic hydroxyl groups is 4. The molecule has 3 rings (SSSR count). The first-order valence-corrected chi connectivity index (χ1v) is 12.9. The Hall–Kier alpha value is -1.34. The van der Waals surface area contributed by atoms with E-state index in [1.54, 1.807) is 0 Å². The second-order valence-corrected chi connectivity index (χ2v) is 10.6. The average Bonchev–Trinajstić information content (AvgIpc) is 3.02. The number of phosphoric ester groups is 1. The monoisotopic (exact) mass is 549 g/mol. The summed E-state index contributed by atoms with van der Waals surface area (Å²) < 4.78 is 47.9. The summed E-state index contributed by atoms with van der Waals surface area (Å²) in [6, 6.07) is 1.23. The van der Waals surface area contributed by atoms with E-state index < -0.39 is 77.1 Å². The van der Waals surface area contributed by atoms with Gasteiger partial charge in [0.2, 0.25) is 6.29 Å². The maximum absolute atomic E-state index is 12.1. The van der Waals surface area contributed by atoms with Crippen molar-refractivity contribution in [3.05, 3.63) is 22.7 Å². The van der Waals surface area contributed by atoms with Crippen molar-refractivity contribution in [1.29, 1.82) is 0 Å². The summed E-state index contributed by atoms with van der Waals surface area (Å²) in [7, 11) is -10.8. The predicted octanol–water partition coefficient (Wildman–Crippen LogP) is -2.52. The molecule has 10 atom stereocenters. The zero-order valence-corrected chi connectivity index (χ0v) is 19.7. The predicted molar refractivity (Wildman–Crippen MR) is 109 cm³/mol. The Kier molecular flexibility index (Phi) is 8.84. The molecule has 20 heteroatoms. The molecule has 0 radical (unpaired) electrons. The van der Waals surface area contributed by atoms with Crippen molar-refractivity contribution < 1.29 is 67.2 Å². The topological polar surface area (TPSA) is 272 Å². The Morgan fingerprint density at radius 1 is 1.14 bits per heavy atom. The van der Waals surface area contributed by atoms with Crippen molar-refractivity contribution in [2.75, 3.05) is 12.3 Å². The van der Waals surface area contributed by atoms with Gasteiger partial charge in [0.05, 0.1) is 18.8 Å². The lowest BCUT2D eigenvalue weighted by molar-refractivity contribution is -0.375. The molecule has 0 saturated carbocycles. The lowest BCUT2D eigenvalue weighted by atomic mass is 10.0. The number of phosphoric acid groups is 2. The van der Waals surface area contributed by atoms with Gasteiger partial charge < -0.3 is 45.4 Å². The minimum Gasteiger partial charge on any atom is -0.390 e. The van der Waals surface area contributed by atoms with Crippen molar-refractivity contribution in [2.24, 2.45) is 0 Å². The number of nitrogen functional groups attached to an aromatic ring is 1. The smallest absolute Gasteiger partial charge is 0.390 e. The van der Waals surface area contributed by atoms with Crippen LogP contribution >= 0.6 is 15.6 Å². The molecule has 35 heavy (non-hydrogen) atoms. The second-order valence-electron chi connectivity index (χ2n) is 7.65. The van der Waals surface area contributed by atoms with Gasteiger partial charge >= 0.3 is 21.3 Å². The fourth-order valence-corrected chi connectivity index (χ4v) is 5.05. The Morgan fingerprint density at radius 2 is 1.83 bits per heavy atom. The van der Waals surface area contributed by atoms with Crippen molar-refractivity contribution in [1.82, 2.24) is 9.55 Å². The molecule has 2 fully saturated rings. The van der Waals surface area contributed by atoms with Gasteiger partial charge in [-0.05, 0) is 13.0 Å². The summed E-state index contributed by atoms with van der Waals surface area (Å²) in [6.07, 6.45) is -10.3. The van der Waals surface area contributed by atoms with E-state index in [4.69, 9.17) is 15.2 Å². The third-order valence-electron chi connectivity index (χ3n) is 4.99. The minimum atomic E-state index is -5.43. The number of nitrogens with two attached hydrogens (primary N) is 1. The molecular formula is C15H25N3O15P2. The highest BCUT2D eigenvalue weighted by molar-refractivity contribution is 7.61. The maximum Gasteiger partial charge on any atom is 0.508 e. The molecule has 0 aliphatic carbocycles. The molecule has 200 valence electrons. The molecule has 0 spiro atoms. The number of aromatic nitrogens is 2. The summed E-state index contributed by atoms with van der Waals surface area (Å²) in [5, 5.41) is 39.6. The van der Waals surface area contributed by atoms with Crippen LogP contribution in [0.25, 0.3) is 0 Å². The minimum absolute atomic E-state index is 0.103. The molecule has 2 aliphatic rings. The standard InChI is InChI=1S/C15H25N3O15P2/c1-6-7(19)4-8(20)14(29-6)31-32-35(26,27)33-34(24,25)28-5-9-11(21)12(22)13(30-9)18-3-2-10(16)17-15(18)23/h2-3,6-9,11-14,19-22H,4-5H2,1H3,(H,24,25)(H,26,27)(H2,16,17,23)/t6-,7+,8+,9+,11+,12+,13+,14+/m0/s1. The highest BCUT2D eigenvalue weighted by Crippen LogP contribution is 2.61. The first-order valence-electron chi connectivity index (χ1n) is 9.93. The van der Waals surface area contributed by atoms with Crippen LogP contribution in [0.4, 0.5) is 5.82 Å². The van der Waals surface area contributed by atoms with Gasteiger partial charge in [-0.1, -0.05) is 0 Å². The van der Waals surface area contributed by atoms with Crippen molar-refractivity contribution in [3.8, 4) is 0 Å². The first kappa shape index (κ1) is 28.2. The van der Waals surface area contributed by atoms with Gasteiger partial charge in [-0.25, -0.2) is 13.9 Å². The summed E-state index contributed by atoms with van der Waals surface area (Å²) in [6.45, 7) is 0.485. The molecule has 0 amide bonds. The van der Waals surface area contributed by atoms with Crippen LogP contribution in [-0.4, -0.2) is 89.3 Å². The number of rotatable bonds is 9. The van der Waals surface area contributed by atoms with E-state index in [0.29, 0.717) is 0 Å². The number of hydrogen-bond donors (Lipinski definition) is 7. The van der Waals surface area contributed by atoms with E-state index in [1.807, 2.05) is 0 Å². The molecule has 2 unspecified atom stereocenters. The summed E-state index contributed by atoms with van der Waals surface area (Å²) in [5.74, 6) is -0.103. The van der Waals surface area contributed by atoms with Crippen molar-refractivity contribution >= 4 is 21.5 Å². The summed E-state index contributed by atoms with van der Waals surface area (Å²) in [4.78, 5) is 39.2. The van der Waals surface area contributed by atoms with Crippen LogP contribution < -0.4 is 11.4 Å². The third-order valence-corrected chi connectivity index (χ3v) is 7.39. The summed E-state index contributed by atoms with van der Waals surface area (Å²) in [5.41, 5.74) is 4.47. The number of ether oxygens (including phenoxy) is 2. The van der Waals surface area contributed by atoms with Crippen LogP contribution in [0.15, 0.2) is 17.1 Å². The largest absolute Gasteiger partial charge is 0.508 e. The van der Waals surface area contributed by atoms with Crippen LogP contribution in [0.5, 0.6) is 0 Å². The quantitative estimate of drug-likeness (QED) is 0.0951. The van der Waals surface area contributed by atoms with Crippen molar-refractivity contribution in [3.63, 3.8) is 0 Å². The van der Waals surface area contributed by atoms with Gasteiger partial charge in [0.25, 0.3) is 0 Å². The number of hydrogen-bond acceptors (Lipinski definition) is 15. The highest BCUT2D eigenvalue weighted by atomic mass is 31.3. The highest BCUT2D eigenvalue weighted by Gasteiger charge is 2.46. The van der Waals surface area contributed by atoms with Gasteiger partial charge in [-0.2, -0.15) is 14.2 Å². The van der Waals surface area contributed by atoms with Crippen LogP contribution in [0, 0.1) is 0 Å². The van der Waals surface area contributed by atoms with Gasteiger partial charge in [0.15, 0.2) is 6.23 Å². The molecule has 1 aromatic rings. The SMILES string of the molecule is C[C@@H]1O[C@H](OOP(=O)(O)OP(=O)(O)OC[C@H]2O[C@@H](n3ccc(N)nc3=O)[C@H](O)[C@@H]2O)[C@H](O)C[C@H]1O. The van der Waals surface area contributed by atoms with Gasteiger partial charge in [-0.15, -0.1) is 4.67 Å². The Labute approximate surface area is 196 Å². The Morgan fingerprint density at radius 3 is 2.49 bits per heavy atom. The number of anilines is 1. The normalized spacial score (nSPS) is 37.0. The lowest BCUT2D eigenvalue weighted by Gasteiger charge is -2.34. The zero-order chi connectivity index (χ0) is 26.1. The molecule has 3 heterocycles. The molecular weight excluding hydrogens is 524 g/mol. The second kappa shape index (κ2) is 11.0. The van der Waals surface area contributed by atoms with Crippen LogP contribution in [-0.2, 0) is 37.0 Å². The van der Waals surface area contributed by atoms with E-state index in [9.17, 15) is 44.1 Å². The molecule has 2 aliphatic heterocycles. The van der Waals surface area contributed by atoms with Crippen LogP contribution in [0.3, 0.4) is 0 Å². The molecule has 0 bridgehead atoms. The summed E-state index contributed by atoms with van der Waals surface area (Å²) >= 11 is 0. The fraction of sp³-hybridized carbons (Fsp3) is 0.733. The van der Waals surface area contributed by atoms with Gasteiger partial charge in [0, 0.05) is 12.6 Å². The zero-order valence-electron chi connectivity index (χ0n) is 17.9. The van der Waals surface area contributed by atoms with E-state index in [2.05, 4.69) is 23.4 Å². The van der Waals surface area contributed by atoms with E-state index in [1.165, 1.54) is 13.0 Å². The molecule has 1 aromatic heterocycles. The first-order chi connectivity index (χ1) is 16.2. The van der Waals surface area contributed by atoms with Gasteiger partial charge in [0.1, 0.15) is 30.2 Å². The molecule has 18 nitrogen and oxygen atoms in total. The average molecular weight is 549 g/mol. The number of nitrogens with zero attached hydrogens (tertiary/aromatic N) is 2. The third kappa shape index (κ3) is 7.12. The molecule has 2 saturated heterocycles. The van der Waals surface area contributed by atoms with Crippen molar-refractivity contribution in [2.45, 2.75) is 62.5 Å². The lowest BCUT2D eigenvalue weighted by Crippen LogP contribution is -2.47. The van der Waals surface area contributed by atoms with Gasteiger partial charge in [-0.3, -0.25) is 9.09 Å². The number of aliphatic hydroxyl groups excluding tert-OH is 4. The molecule has 8 N–H and O–H groups in total. The fourth-order valence-electron chi connectivity index (χ4n) is 3.18. The van der Waals surface area contributed by atoms with E-state index >= 15 is 0 Å². The Balaban J connectivity index is 1.54. The molecule has 0 aromatic carbocycles. The van der Waals surface area contributed by atoms with Crippen LogP contribution in [0.2, 0.25) is 0 Å². The maximum atomic E-state index is 12.1.